The van der Waals surface area contributed by atoms with Crippen molar-refractivity contribution in [3.8, 4) is 11.1 Å². The Kier molecular flexibility index (Phi) is 4.16. The molecule has 0 bridgehead atoms. The van der Waals surface area contributed by atoms with Crippen LogP contribution >= 0.6 is 0 Å². The fourth-order valence-electron chi connectivity index (χ4n) is 3.93. The Bertz CT molecular complexity index is 1370. The first kappa shape index (κ1) is 18.5. The molecule has 1 aliphatic carbocycles. The minimum absolute atomic E-state index is 0.0728. The Morgan fingerprint density at radius 1 is 1.24 bits per heavy atom. The number of rotatable bonds is 3. The van der Waals surface area contributed by atoms with Gasteiger partial charge in [0.25, 0.3) is 0 Å². The summed E-state index contributed by atoms with van der Waals surface area (Å²) < 4.78 is 36.6. The van der Waals surface area contributed by atoms with Crippen molar-refractivity contribution < 1.29 is 13.2 Å². The summed E-state index contributed by atoms with van der Waals surface area (Å²) >= 11 is 1.03. The van der Waals surface area contributed by atoms with Crippen LogP contribution in [0.4, 0.5) is 8.78 Å². The second-order valence-electron chi connectivity index (χ2n) is 7.38. The third-order valence-corrected chi connectivity index (χ3v) is 6.40. The predicted octanol–water partition coefficient (Wildman–Crippen LogP) is 2.45. The molecule has 1 fully saturated rings. The predicted molar refractivity (Wildman–Crippen MR) is 110 cm³/mol. The summed E-state index contributed by atoms with van der Waals surface area (Å²) in [5.74, 6) is -0.638. The van der Waals surface area contributed by atoms with Gasteiger partial charge in [0.1, 0.15) is 0 Å². The zero-order valence-corrected chi connectivity index (χ0v) is 18.1. The van der Waals surface area contributed by atoms with E-state index in [1.54, 1.807) is 16.7 Å². The number of aryl methyl sites for hydroxylation is 1. The van der Waals surface area contributed by atoms with Gasteiger partial charge in [-0.05, 0) is 0 Å². The van der Waals surface area contributed by atoms with Crippen LogP contribution in [-0.2, 0) is 6.54 Å². The van der Waals surface area contributed by atoms with Gasteiger partial charge < -0.3 is 5.73 Å². The molecule has 0 radical (unpaired) electrons. The van der Waals surface area contributed by atoms with E-state index in [1.807, 2.05) is 6.92 Å². The molecule has 8 heteroatoms. The van der Waals surface area contributed by atoms with Crippen LogP contribution in [0.1, 0.15) is 30.3 Å². The SMILES string of the molecule is Cc1c(-c2cc(F)c([AsH2])cc2F)ccc2c3oc(CN)nc3c(=O)n(C3CC3)c12. The maximum absolute atomic E-state index is 14.7. The summed E-state index contributed by atoms with van der Waals surface area (Å²) in [5.41, 5.74) is 8.15. The Morgan fingerprint density at radius 3 is 2.69 bits per heavy atom. The molecule has 0 spiro atoms. The molecule has 5 rings (SSSR count). The van der Waals surface area contributed by atoms with Gasteiger partial charge in [-0.1, -0.05) is 0 Å². The van der Waals surface area contributed by atoms with Gasteiger partial charge in [0.2, 0.25) is 0 Å². The number of hydrogen-bond acceptors (Lipinski definition) is 4. The van der Waals surface area contributed by atoms with Gasteiger partial charge in [-0.25, -0.2) is 0 Å². The maximum atomic E-state index is 14.7. The molecule has 2 heterocycles. The minimum atomic E-state index is -0.486. The fraction of sp³-hybridized carbons (Fsp3) is 0.238. The van der Waals surface area contributed by atoms with Gasteiger partial charge in [-0.15, -0.1) is 0 Å². The normalized spacial score (nSPS) is 14.2. The number of pyridine rings is 1. The van der Waals surface area contributed by atoms with Crippen LogP contribution in [-0.4, -0.2) is 26.4 Å². The van der Waals surface area contributed by atoms with Gasteiger partial charge >= 0.3 is 167 Å². The standard InChI is InChI=1S/C21H18AsF2N3O2/c1-9-11(13-6-16(24)14(22)7-15(13)23)4-5-12-19(9)27(10-2-3-10)21(28)18-20(12)29-17(8-25)26-18/h4-7,10H,2-3,8,22,25H2,1H3. The van der Waals surface area contributed by atoms with Crippen LogP contribution in [0.25, 0.3) is 33.1 Å². The van der Waals surface area contributed by atoms with E-state index in [2.05, 4.69) is 4.98 Å². The summed E-state index contributed by atoms with van der Waals surface area (Å²) in [6.45, 7) is 1.91. The van der Waals surface area contributed by atoms with Crippen molar-refractivity contribution >= 4 is 43.2 Å². The second-order valence-corrected chi connectivity index (χ2v) is 8.69. The third-order valence-electron chi connectivity index (χ3n) is 5.47. The molecule has 2 aromatic carbocycles. The van der Waals surface area contributed by atoms with Crippen LogP contribution in [0.15, 0.2) is 33.5 Å². The summed E-state index contributed by atoms with van der Waals surface area (Å²) in [7, 11) is 0. The Labute approximate surface area is 173 Å². The molecule has 5 nitrogen and oxygen atoms in total. The molecule has 0 saturated heterocycles. The van der Waals surface area contributed by atoms with E-state index in [0.29, 0.717) is 32.5 Å². The average Bonchev–Trinajstić information content (AvgIpc) is 3.43. The van der Waals surface area contributed by atoms with Crippen LogP contribution < -0.4 is 15.6 Å². The van der Waals surface area contributed by atoms with Crippen molar-refractivity contribution in [2.45, 2.75) is 32.4 Å². The molecule has 1 atom stereocenters. The molecular weight excluding hydrogens is 439 g/mol. The molecule has 0 amide bonds. The number of hydrogen-bond donors (Lipinski definition) is 1. The quantitative estimate of drug-likeness (QED) is 0.480. The van der Waals surface area contributed by atoms with Crippen molar-refractivity contribution in [2.24, 2.45) is 5.73 Å². The van der Waals surface area contributed by atoms with Gasteiger partial charge in [-0.2, -0.15) is 0 Å². The summed E-state index contributed by atoms with van der Waals surface area (Å²) in [6.07, 6.45) is 1.78. The van der Waals surface area contributed by atoms with Crippen molar-refractivity contribution in [1.82, 2.24) is 9.55 Å². The van der Waals surface area contributed by atoms with Gasteiger partial charge in [-0.3, -0.25) is 0 Å². The van der Waals surface area contributed by atoms with E-state index in [9.17, 15) is 13.6 Å². The Morgan fingerprint density at radius 2 is 2.00 bits per heavy atom. The van der Waals surface area contributed by atoms with Crippen LogP contribution in [0.3, 0.4) is 0 Å². The van der Waals surface area contributed by atoms with Crippen molar-refractivity contribution in [2.75, 3.05) is 0 Å². The Hall–Kier alpha value is -2.50. The number of benzene rings is 2. The molecule has 2 N–H and O–H groups in total. The summed E-state index contributed by atoms with van der Waals surface area (Å²) in [5, 5.41) is 0.719. The molecule has 1 aliphatic rings. The van der Waals surface area contributed by atoms with E-state index in [-0.39, 0.29) is 29.2 Å². The van der Waals surface area contributed by atoms with E-state index in [1.165, 1.54) is 12.1 Å². The van der Waals surface area contributed by atoms with Crippen LogP contribution in [0.2, 0.25) is 0 Å². The number of nitrogens with two attached hydrogens (primary N) is 1. The molecule has 2 aromatic heterocycles. The first-order valence-corrected chi connectivity index (χ1v) is 10.5. The van der Waals surface area contributed by atoms with Crippen molar-refractivity contribution in [3.05, 3.63) is 57.7 Å². The monoisotopic (exact) mass is 457 g/mol. The van der Waals surface area contributed by atoms with E-state index >= 15 is 0 Å². The van der Waals surface area contributed by atoms with E-state index < -0.39 is 11.6 Å². The number of nitrogens with zero attached hydrogens (tertiary/aromatic N) is 2. The van der Waals surface area contributed by atoms with Crippen LogP contribution in [0, 0.1) is 18.6 Å². The molecular formula is C21H18AsF2N3O2. The van der Waals surface area contributed by atoms with Crippen LogP contribution in [0.5, 0.6) is 0 Å². The van der Waals surface area contributed by atoms with Gasteiger partial charge in [0, 0.05) is 0 Å². The third kappa shape index (κ3) is 2.75. The van der Waals surface area contributed by atoms with Gasteiger partial charge in [0.05, 0.1) is 0 Å². The van der Waals surface area contributed by atoms with Crippen molar-refractivity contribution in [1.29, 1.82) is 0 Å². The topological polar surface area (TPSA) is 74.1 Å². The number of oxazole rings is 1. The Balaban J connectivity index is 1.90. The molecule has 0 aliphatic heterocycles. The first-order valence-electron chi connectivity index (χ1n) is 9.33. The molecule has 148 valence electrons. The zero-order chi connectivity index (χ0) is 20.4. The summed E-state index contributed by atoms with van der Waals surface area (Å²) in [6, 6.07) is 6.03. The van der Waals surface area contributed by atoms with E-state index in [4.69, 9.17) is 10.2 Å². The number of halogens is 2. The molecule has 1 saturated carbocycles. The number of aromatic nitrogens is 2. The summed E-state index contributed by atoms with van der Waals surface area (Å²) in [4.78, 5) is 17.5. The fourth-order valence-corrected chi connectivity index (χ4v) is 4.41. The second kappa shape index (κ2) is 6.51. The average molecular weight is 457 g/mol. The van der Waals surface area contributed by atoms with Gasteiger partial charge in [0.15, 0.2) is 0 Å². The number of fused-ring (bicyclic) bond motifs is 3. The first-order chi connectivity index (χ1) is 13.9. The van der Waals surface area contributed by atoms with E-state index in [0.717, 1.165) is 35.1 Å². The molecule has 1 unspecified atom stereocenters. The van der Waals surface area contributed by atoms with Crippen molar-refractivity contribution in [3.63, 3.8) is 0 Å². The molecule has 4 aromatic rings. The molecule has 29 heavy (non-hydrogen) atoms. The zero-order valence-electron chi connectivity index (χ0n) is 15.6.